The van der Waals surface area contributed by atoms with Gasteiger partial charge in [-0.05, 0) is 19.3 Å². The first-order chi connectivity index (χ1) is 9.56. The molecule has 2 N–H and O–H groups in total. The van der Waals surface area contributed by atoms with Crippen LogP contribution in [0.4, 0.5) is 5.82 Å². The number of anilines is 1. The molecule has 0 aliphatic carbocycles. The third-order valence-electron chi connectivity index (χ3n) is 3.34. The summed E-state index contributed by atoms with van der Waals surface area (Å²) in [6.07, 6.45) is 5.88. The van der Waals surface area contributed by atoms with Gasteiger partial charge in [0.25, 0.3) is 0 Å². The van der Waals surface area contributed by atoms with Crippen LogP contribution in [-0.4, -0.2) is 19.3 Å². The normalized spacial score (nSPS) is 11.4. The number of aryl methyl sites for hydroxylation is 2. The third kappa shape index (κ3) is 2.86. The Bertz CT molecular complexity index is 565. The van der Waals surface area contributed by atoms with Crippen LogP contribution in [0, 0.1) is 5.92 Å². The van der Waals surface area contributed by atoms with E-state index in [2.05, 4.69) is 37.4 Å². The van der Waals surface area contributed by atoms with E-state index in [4.69, 9.17) is 10.7 Å². The molecule has 0 fully saturated rings. The van der Waals surface area contributed by atoms with Crippen LogP contribution >= 0.6 is 0 Å². The molecule has 0 saturated carbocycles. The van der Waals surface area contributed by atoms with E-state index in [1.165, 1.54) is 0 Å². The highest BCUT2D eigenvalue weighted by atomic mass is 15.3. The molecule has 0 atom stereocenters. The Morgan fingerprint density at radius 3 is 2.60 bits per heavy atom. The molecule has 5 nitrogen and oxygen atoms in total. The summed E-state index contributed by atoms with van der Waals surface area (Å²) in [6, 6.07) is 0. The van der Waals surface area contributed by atoms with Crippen molar-refractivity contribution in [3.8, 4) is 11.3 Å². The molecule has 5 heteroatoms. The minimum absolute atomic E-state index is 0.549. The van der Waals surface area contributed by atoms with Crippen LogP contribution in [0.5, 0.6) is 0 Å². The van der Waals surface area contributed by atoms with Gasteiger partial charge in [-0.15, -0.1) is 0 Å². The molecule has 0 aromatic carbocycles. The fraction of sp³-hybridized carbons (Fsp3) is 0.600. The van der Waals surface area contributed by atoms with Crippen molar-refractivity contribution in [2.75, 3.05) is 5.73 Å². The molecular formula is C15H25N5. The molecule has 0 unspecified atom stereocenters. The predicted octanol–water partition coefficient (Wildman–Crippen LogP) is 2.96. The van der Waals surface area contributed by atoms with E-state index in [-0.39, 0.29) is 0 Å². The van der Waals surface area contributed by atoms with Crippen LogP contribution < -0.4 is 5.73 Å². The van der Waals surface area contributed by atoms with Gasteiger partial charge >= 0.3 is 0 Å². The predicted molar refractivity (Wildman–Crippen MR) is 82.4 cm³/mol. The van der Waals surface area contributed by atoms with Crippen molar-refractivity contribution in [3.63, 3.8) is 0 Å². The molecular weight excluding hydrogens is 250 g/mol. The van der Waals surface area contributed by atoms with Crippen molar-refractivity contribution >= 4 is 5.82 Å². The van der Waals surface area contributed by atoms with Gasteiger partial charge in [0.2, 0.25) is 0 Å². The Balaban J connectivity index is 2.43. The summed E-state index contributed by atoms with van der Waals surface area (Å²) >= 11 is 0. The van der Waals surface area contributed by atoms with Crippen molar-refractivity contribution in [2.45, 2.75) is 53.6 Å². The van der Waals surface area contributed by atoms with Crippen LogP contribution in [0.15, 0.2) is 12.4 Å². The summed E-state index contributed by atoms with van der Waals surface area (Å²) in [7, 11) is 0. The largest absolute Gasteiger partial charge is 0.383 e. The zero-order valence-electron chi connectivity index (χ0n) is 12.9. The average Bonchev–Trinajstić information content (AvgIpc) is 2.98. The number of aromatic nitrogens is 4. The lowest BCUT2D eigenvalue weighted by Gasteiger charge is -2.11. The van der Waals surface area contributed by atoms with Crippen LogP contribution in [0.3, 0.4) is 0 Å². The first-order valence-electron chi connectivity index (χ1n) is 7.44. The maximum absolute atomic E-state index is 6.33. The SMILES string of the molecule is CCCc1nc(-c2cnn(CC)c2)c(N)n1CC(C)C. The number of nitrogen functional groups attached to an aromatic ring is 1. The molecule has 2 rings (SSSR count). The molecule has 0 spiro atoms. The van der Waals surface area contributed by atoms with Gasteiger partial charge < -0.3 is 10.3 Å². The highest BCUT2D eigenvalue weighted by molar-refractivity contribution is 5.70. The monoisotopic (exact) mass is 275 g/mol. The number of nitrogens with zero attached hydrogens (tertiary/aromatic N) is 4. The Morgan fingerprint density at radius 2 is 2.05 bits per heavy atom. The van der Waals surface area contributed by atoms with E-state index in [0.717, 1.165) is 48.8 Å². The Kier molecular flexibility index (Phi) is 4.47. The summed E-state index contributed by atoms with van der Waals surface area (Å²) in [5, 5.41) is 4.31. The quantitative estimate of drug-likeness (QED) is 0.881. The molecule has 0 saturated heterocycles. The number of rotatable bonds is 6. The molecule has 2 aromatic heterocycles. The third-order valence-corrected chi connectivity index (χ3v) is 3.34. The second kappa shape index (κ2) is 6.11. The first-order valence-corrected chi connectivity index (χ1v) is 7.44. The second-order valence-electron chi connectivity index (χ2n) is 5.60. The topological polar surface area (TPSA) is 61.7 Å². The van der Waals surface area contributed by atoms with Crippen molar-refractivity contribution in [1.82, 2.24) is 19.3 Å². The molecule has 20 heavy (non-hydrogen) atoms. The maximum atomic E-state index is 6.33. The highest BCUT2D eigenvalue weighted by Crippen LogP contribution is 2.27. The minimum Gasteiger partial charge on any atom is -0.383 e. The molecule has 110 valence electrons. The smallest absolute Gasteiger partial charge is 0.131 e. The maximum Gasteiger partial charge on any atom is 0.131 e. The van der Waals surface area contributed by atoms with E-state index in [1.54, 1.807) is 0 Å². The molecule has 0 aliphatic rings. The standard InChI is InChI=1S/C15H25N5/c1-5-7-13-18-14(12-8-17-19(6-2)10-12)15(16)20(13)9-11(3)4/h8,10-11H,5-7,9,16H2,1-4H3. The van der Waals surface area contributed by atoms with Gasteiger partial charge in [0.15, 0.2) is 0 Å². The van der Waals surface area contributed by atoms with E-state index < -0.39 is 0 Å². The summed E-state index contributed by atoms with van der Waals surface area (Å²) in [6.45, 7) is 10.4. The lowest BCUT2D eigenvalue weighted by atomic mass is 10.2. The van der Waals surface area contributed by atoms with Gasteiger partial charge in [-0.1, -0.05) is 20.8 Å². The Morgan fingerprint density at radius 1 is 1.30 bits per heavy atom. The fourth-order valence-electron chi connectivity index (χ4n) is 2.37. The summed E-state index contributed by atoms with van der Waals surface area (Å²) < 4.78 is 4.06. The van der Waals surface area contributed by atoms with Crippen LogP contribution in [0.2, 0.25) is 0 Å². The summed E-state index contributed by atoms with van der Waals surface area (Å²) in [5.41, 5.74) is 8.20. The Hall–Kier alpha value is -1.78. The van der Waals surface area contributed by atoms with Crippen molar-refractivity contribution in [3.05, 3.63) is 18.2 Å². The van der Waals surface area contributed by atoms with Gasteiger partial charge in [-0.3, -0.25) is 4.68 Å². The lowest BCUT2D eigenvalue weighted by Crippen LogP contribution is -2.11. The average molecular weight is 275 g/mol. The van der Waals surface area contributed by atoms with Gasteiger partial charge in [0.1, 0.15) is 17.3 Å². The van der Waals surface area contributed by atoms with Gasteiger partial charge in [-0.2, -0.15) is 5.10 Å². The molecule has 2 aromatic rings. The van der Waals surface area contributed by atoms with E-state index >= 15 is 0 Å². The first kappa shape index (κ1) is 14.6. The zero-order chi connectivity index (χ0) is 14.7. The van der Waals surface area contributed by atoms with Crippen LogP contribution in [0.1, 0.15) is 39.9 Å². The molecule has 0 bridgehead atoms. The molecule has 2 heterocycles. The van der Waals surface area contributed by atoms with Crippen molar-refractivity contribution < 1.29 is 0 Å². The summed E-state index contributed by atoms with van der Waals surface area (Å²) in [4.78, 5) is 4.76. The van der Waals surface area contributed by atoms with Gasteiger partial charge in [0, 0.05) is 31.3 Å². The lowest BCUT2D eigenvalue weighted by molar-refractivity contribution is 0.510. The van der Waals surface area contributed by atoms with E-state index in [9.17, 15) is 0 Å². The fourth-order valence-corrected chi connectivity index (χ4v) is 2.37. The van der Waals surface area contributed by atoms with E-state index in [1.807, 2.05) is 17.1 Å². The van der Waals surface area contributed by atoms with Gasteiger partial charge in [0.05, 0.1) is 6.20 Å². The highest BCUT2D eigenvalue weighted by Gasteiger charge is 2.17. The number of hydrogen-bond donors (Lipinski definition) is 1. The zero-order valence-corrected chi connectivity index (χ0v) is 12.9. The number of nitrogens with two attached hydrogens (primary N) is 1. The van der Waals surface area contributed by atoms with Crippen LogP contribution in [0.25, 0.3) is 11.3 Å². The molecule has 0 amide bonds. The van der Waals surface area contributed by atoms with Crippen molar-refractivity contribution in [1.29, 1.82) is 0 Å². The molecule has 0 aliphatic heterocycles. The number of imidazole rings is 1. The van der Waals surface area contributed by atoms with E-state index in [0.29, 0.717) is 5.92 Å². The molecule has 0 radical (unpaired) electrons. The number of hydrogen-bond acceptors (Lipinski definition) is 3. The van der Waals surface area contributed by atoms with Crippen molar-refractivity contribution in [2.24, 2.45) is 5.92 Å². The van der Waals surface area contributed by atoms with Gasteiger partial charge in [-0.25, -0.2) is 4.98 Å². The summed E-state index contributed by atoms with van der Waals surface area (Å²) in [5.74, 6) is 2.39. The second-order valence-corrected chi connectivity index (χ2v) is 5.60. The Labute approximate surface area is 120 Å². The van der Waals surface area contributed by atoms with Crippen LogP contribution in [-0.2, 0) is 19.5 Å². The minimum atomic E-state index is 0.549.